The Kier molecular flexibility index (Phi) is 5.38. The summed E-state index contributed by atoms with van der Waals surface area (Å²) in [6.07, 6.45) is 7.01. The lowest BCUT2D eigenvalue weighted by Gasteiger charge is -2.28. The van der Waals surface area contributed by atoms with Crippen LogP contribution < -0.4 is 19.7 Å². The van der Waals surface area contributed by atoms with E-state index in [2.05, 4.69) is 15.2 Å². The molecule has 25 heavy (non-hydrogen) atoms. The quantitative estimate of drug-likeness (QED) is 0.904. The number of carbonyl (C=O) groups excluding carboxylic acids is 1. The molecule has 132 valence electrons. The van der Waals surface area contributed by atoms with E-state index in [-0.39, 0.29) is 5.91 Å². The Morgan fingerprint density at radius 2 is 1.88 bits per heavy atom. The van der Waals surface area contributed by atoms with Crippen molar-refractivity contribution >= 4 is 17.3 Å². The fourth-order valence-electron chi connectivity index (χ4n) is 2.98. The molecule has 0 saturated carbocycles. The number of nitrogens with one attached hydrogen (secondary N) is 1. The standard InChI is InChI=1S/C19H23N3O3/c1-24-16-6-7-18(25-2)17(11-16)21-19(23)14-10-15(13-20-12-14)22-8-4-3-5-9-22/h6-7,10-13H,3-5,8-9H2,1-2H3,(H,21,23). The molecule has 0 unspecified atom stereocenters. The number of methoxy groups -OCH3 is 2. The number of nitrogens with zero attached hydrogens (tertiary/aromatic N) is 2. The molecule has 3 rings (SSSR count). The van der Waals surface area contributed by atoms with E-state index in [1.165, 1.54) is 19.3 Å². The Hall–Kier alpha value is -2.76. The molecule has 0 bridgehead atoms. The number of aromatic nitrogens is 1. The van der Waals surface area contributed by atoms with Gasteiger partial charge in [-0.3, -0.25) is 9.78 Å². The summed E-state index contributed by atoms with van der Waals surface area (Å²) in [6.45, 7) is 2.02. The van der Waals surface area contributed by atoms with Crippen molar-refractivity contribution < 1.29 is 14.3 Å². The molecular weight excluding hydrogens is 318 g/mol. The Morgan fingerprint density at radius 3 is 2.60 bits per heavy atom. The van der Waals surface area contributed by atoms with Crippen molar-refractivity contribution in [2.24, 2.45) is 0 Å². The van der Waals surface area contributed by atoms with Gasteiger partial charge < -0.3 is 19.7 Å². The first kappa shape index (κ1) is 17.1. The number of carbonyl (C=O) groups is 1. The van der Waals surface area contributed by atoms with Gasteiger partial charge in [0.05, 0.1) is 37.4 Å². The van der Waals surface area contributed by atoms with E-state index in [0.29, 0.717) is 22.7 Å². The smallest absolute Gasteiger partial charge is 0.257 e. The number of ether oxygens (including phenoxy) is 2. The van der Waals surface area contributed by atoms with Gasteiger partial charge in [-0.2, -0.15) is 0 Å². The molecule has 0 aliphatic carbocycles. The van der Waals surface area contributed by atoms with E-state index in [9.17, 15) is 4.79 Å². The highest BCUT2D eigenvalue weighted by Gasteiger charge is 2.15. The number of pyridine rings is 1. The molecule has 0 radical (unpaired) electrons. The van der Waals surface area contributed by atoms with Gasteiger partial charge in [0.2, 0.25) is 0 Å². The van der Waals surface area contributed by atoms with E-state index in [1.54, 1.807) is 38.6 Å². The summed E-state index contributed by atoms with van der Waals surface area (Å²) < 4.78 is 10.5. The molecule has 1 aromatic carbocycles. The average Bonchev–Trinajstić information content (AvgIpc) is 2.68. The molecule has 2 aromatic rings. The zero-order valence-electron chi connectivity index (χ0n) is 14.6. The molecular formula is C19H23N3O3. The van der Waals surface area contributed by atoms with Crippen LogP contribution in [0.3, 0.4) is 0 Å². The van der Waals surface area contributed by atoms with Crippen LogP contribution in [0.4, 0.5) is 11.4 Å². The first-order valence-electron chi connectivity index (χ1n) is 8.44. The van der Waals surface area contributed by atoms with Crippen molar-refractivity contribution in [3.05, 3.63) is 42.2 Å². The zero-order valence-corrected chi connectivity index (χ0v) is 14.6. The van der Waals surface area contributed by atoms with Gasteiger partial charge in [0.25, 0.3) is 5.91 Å². The summed E-state index contributed by atoms with van der Waals surface area (Å²) >= 11 is 0. The van der Waals surface area contributed by atoms with Gasteiger partial charge in [-0.05, 0) is 37.5 Å². The van der Waals surface area contributed by atoms with Gasteiger partial charge in [-0.15, -0.1) is 0 Å². The summed E-state index contributed by atoms with van der Waals surface area (Å²) in [7, 11) is 3.15. The molecule has 1 N–H and O–H groups in total. The molecule has 2 heterocycles. The second-order valence-corrected chi connectivity index (χ2v) is 6.00. The van der Waals surface area contributed by atoms with E-state index < -0.39 is 0 Å². The SMILES string of the molecule is COc1ccc(OC)c(NC(=O)c2cncc(N3CCCCC3)c2)c1. The lowest BCUT2D eigenvalue weighted by molar-refractivity contribution is 0.102. The number of anilines is 2. The third-order valence-corrected chi connectivity index (χ3v) is 4.36. The third-order valence-electron chi connectivity index (χ3n) is 4.36. The van der Waals surface area contributed by atoms with Crippen molar-refractivity contribution in [3.8, 4) is 11.5 Å². The van der Waals surface area contributed by atoms with Crippen LogP contribution in [-0.4, -0.2) is 38.2 Å². The van der Waals surface area contributed by atoms with Gasteiger partial charge in [-0.25, -0.2) is 0 Å². The fraction of sp³-hybridized carbons (Fsp3) is 0.368. The van der Waals surface area contributed by atoms with Gasteiger partial charge in [0.1, 0.15) is 11.5 Å². The summed E-state index contributed by atoms with van der Waals surface area (Å²) in [5.74, 6) is 1.00. The first-order chi connectivity index (χ1) is 12.2. The van der Waals surface area contributed by atoms with E-state index in [4.69, 9.17) is 9.47 Å². The van der Waals surface area contributed by atoms with Gasteiger partial charge >= 0.3 is 0 Å². The topological polar surface area (TPSA) is 63.7 Å². The normalized spacial score (nSPS) is 14.1. The minimum atomic E-state index is -0.224. The van der Waals surface area contributed by atoms with Crippen LogP contribution in [0.5, 0.6) is 11.5 Å². The summed E-state index contributed by atoms with van der Waals surface area (Å²) in [4.78, 5) is 19.2. The number of hydrogen-bond donors (Lipinski definition) is 1. The maximum atomic E-state index is 12.7. The molecule has 1 aliphatic rings. The Morgan fingerprint density at radius 1 is 1.08 bits per heavy atom. The largest absolute Gasteiger partial charge is 0.497 e. The van der Waals surface area contributed by atoms with Crippen LogP contribution in [0.15, 0.2) is 36.7 Å². The van der Waals surface area contributed by atoms with E-state index in [1.807, 2.05) is 12.3 Å². The maximum Gasteiger partial charge on any atom is 0.257 e. The Labute approximate surface area is 147 Å². The lowest BCUT2D eigenvalue weighted by Crippen LogP contribution is -2.29. The van der Waals surface area contributed by atoms with Crippen molar-refractivity contribution in [1.29, 1.82) is 0 Å². The van der Waals surface area contributed by atoms with Crippen LogP contribution in [0.1, 0.15) is 29.6 Å². The molecule has 1 aliphatic heterocycles. The highest BCUT2D eigenvalue weighted by molar-refractivity contribution is 6.05. The average molecular weight is 341 g/mol. The van der Waals surface area contributed by atoms with Crippen LogP contribution >= 0.6 is 0 Å². The molecule has 6 heteroatoms. The zero-order chi connectivity index (χ0) is 17.6. The summed E-state index contributed by atoms with van der Waals surface area (Å²) in [5, 5.41) is 2.88. The predicted molar refractivity (Wildman–Crippen MR) is 97.8 cm³/mol. The molecule has 1 amide bonds. The Bertz CT molecular complexity index is 742. The van der Waals surface area contributed by atoms with Gasteiger partial charge in [0.15, 0.2) is 0 Å². The Balaban J connectivity index is 1.79. The highest BCUT2D eigenvalue weighted by atomic mass is 16.5. The van der Waals surface area contributed by atoms with Crippen molar-refractivity contribution in [3.63, 3.8) is 0 Å². The van der Waals surface area contributed by atoms with E-state index in [0.717, 1.165) is 18.8 Å². The van der Waals surface area contributed by atoms with Crippen molar-refractivity contribution in [2.75, 3.05) is 37.5 Å². The molecule has 6 nitrogen and oxygen atoms in total. The molecule has 0 spiro atoms. The fourth-order valence-corrected chi connectivity index (χ4v) is 2.98. The van der Waals surface area contributed by atoms with Crippen molar-refractivity contribution in [1.82, 2.24) is 4.98 Å². The predicted octanol–water partition coefficient (Wildman–Crippen LogP) is 3.34. The summed E-state index contributed by atoms with van der Waals surface area (Å²) in [5.41, 5.74) is 2.08. The highest BCUT2D eigenvalue weighted by Crippen LogP contribution is 2.29. The summed E-state index contributed by atoms with van der Waals surface area (Å²) in [6, 6.07) is 7.17. The monoisotopic (exact) mass is 341 g/mol. The number of hydrogen-bond acceptors (Lipinski definition) is 5. The van der Waals surface area contributed by atoms with Gasteiger partial charge in [-0.1, -0.05) is 0 Å². The lowest BCUT2D eigenvalue weighted by atomic mass is 10.1. The molecule has 1 aromatic heterocycles. The third kappa shape index (κ3) is 4.02. The van der Waals surface area contributed by atoms with Crippen LogP contribution in [0, 0.1) is 0 Å². The minimum Gasteiger partial charge on any atom is -0.497 e. The molecule has 0 atom stereocenters. The number of benzene rings is 1. The van der Waals surface area contributed by atoms with Crippen LogP contribution in [0.25, 0.3) is 0 Å². The first-order valence-corrected chi connectivity index (χ1v) is 8.44. The minimum absolute atomic E-state index is 0.224. The van der Waals surface area contributed by atoms with Crippen molar-refractivity contribution in [2.45, 2.75) is 19.3 Å². The second-order valence-electron chi connectivity index (χ2n) is 6.00. The van der Waals surface area contributed by atoms with Crippen LogP contribution in [-0.2, 0) is 0 Å². The van der Waals surface area contributed by atoms with Crippen LogP contribution in [0.2, 0.25) is 0 Å². The van der Waals surface area contributed by atoms with Gasteiger partial charge in [0, 0.05) is 25.4 Å². The molecule has 1 saturated heterocycles. The van der Waals surface area contributed by atoms with E-state index >= 15 is 0 Å². The molecule has 1 fully saturated rings. The number of piperidine rings is 1. The number of amides is 1. The maximum absolute atomic E-state index is 12.7. The second kappa shape index (κ2) is 7.88. The number of rotatable bonds is 5.